The summed E-state index contributed by atoms with van der Waals surface area (Å²) in [6.07, 6.45) is 0. The van der Waals surface area contributed by atoms with Crippen molar-refractivity contribution in [3.63, 3.8) is 0 Å². The van der Waals surface area contributed by atoms with Crippen LogP contribution in [0.3, 0.4) is 0 Å². The van der Waals surface area contributed by atoms with Crippen LogP contribution in [0.5, 0.6) is 5.75 Å². The summed E-state index contributed by atoms with van der Waals surface area (Å²) in [6, 6.07) is 17.6. The van der Waals surface area contributed by atoms with Crippen LogP contribution in [0.25, 0.3) is 11.5 Å². The molecule has 1 amide bonds. The molecule has 1 aromatic heterocycles. The zero-order chi connectivity index (χ0) is 20.6. The van der Waals surface area contributed by atoms with E-state index >= 15 is 0 Å². The van der Waals surface area contributed by atoms with Crippen LogP contribution in [0, 0.1) is 0 Å². The predicted octanol–water partition coefficient (Wildman–Crippen LogP) is 4.66. The van der Waals surface area contributed by atoms with Gasteiger partial charge in [0.25, 0.3) is 11.1 Å². The molecule has 2 aromatic carbocycles. The lowest BCUT2D eigenvalue weighted by atomic mass is 10.2. The normalized spacial score (nSPS) is 10.9. The molecule has 0 unspecified atom stereocenters. The molecule has 152 valence electrons. The third kappa shape index (κ3) is 5.60. The van der Waals surface area contributed by atoms with Crippen LogP contribution in [0.15, 0.2) is 64.2 Å². The summed E-state index contributed by atoms with van der Waals surface area (Å²) in [5, 5.41) is 8.55. The first-order valence-electron chi connectivity index (χ1n) is 9.60. The van der Waals surface area contributed by atoms with Gasteiger partial charge in [-0.1, -0.05) is 54.2 Å². The number of ether oxygens (including phenoxy) is 1. The van der Waals surface area contributed by atoms with Crippen LogP contribution in [0.1, 0.15) is 26.3 Å². The van der Waals surface area contributed by atoms with E-state index in [1.54, 1.807) is 0 Å². The van der Waals surface area contributed by atoms with Crippen molar-refractivity contribution in [1.82, 2.24) is 15.1 Å². The molecule has 0 aliphatic heterocycles. The molecule has 6 nitrogen and oxygen atoms in total. The molecule has 0 saturated carbocycles. The molecule has 3 rings (SSSR count). The van der Waals surface area contributed by atoms with Gasteiger partial charge in [0.05, 0.1) is 17.9 Å². The molecule has 0 aliphatic rings. The molecule has 1 heterocycles. The van der Waals surface area contributed by atoms with Crippen LogP contribution < -0.4 is 4.74 Å². The number of carbonyl (C=O) groups excluding carboxylic acids is 1. The number of benzene rings is 2. The maximum Gasteiger partial charge on any atom is 0.277 e. The lowest BCUT2D eigenvalue weighted by Gasteiger charge is -2.26. The smallest absolute Gasteiger partial charge is 0.277 e. The second-order valence-corrected chi connectivity index (χ2v) is 7.62. The lowest BCUT2D eigenvalue weighted by molar-refractivity contribution is -0.130. The Morgan fingerprint density at radius 2 is 1.83 bits per heavy atom. The number of thioether (sulfide) groups is 1. The highest BCUT2D eigenvalue weighted by molar-refractivity contribution is 7.99. The van der Waals surface area contributed by atoms with Crippen LogP contribution in [-0.2, 0) is 11.3 Å². The summed E-state index contributed by atoms with van der Waals surface area (Å²) in [5.41, 5.74) is 1.85. The van der Waals surface area contributed by atoms with Crippen molar-refractivity contribution in [3.05, 3.63) is 60.2 Å². The Kier molecular flexibility index (Phi) is 7.30. The molecule has 7 heteroatoms. The van der Waals surface area contributed by atoms with Crippen molar-refractivity contribution in [2.75, 3.05) is 12.4 Å². The standard InChI is InChI=1S/C22H25N3O3S/c1-4-27-19-13-9-8-12-18(19)21-23-24-22(28-21)29-15-20(26)25(16(2)3)14-17-10-6-5-7-11-17/h5-13,16H,4,14-15H2,1-3H3. The Morgan fingerprint density at radius 3 is 2.55 bits per heavy atom. The summed E-state index contributed by atoms with van der Waals surface area (Å²) in [6.45, 7) is 7.08. The second-order valence-electron chi connectivity index (χ2n) is 6.69. The molecule has 0 fully saturated rings. The van der Waals surface area contributed by atoms with E-state index in [9.17, 15) is 4.79 Å². The second kappa shape index (κ2) is 10.1. The third-order valence-electron chi connectivity index (χ3n) is 4.28. The molecular weight excluding hydrogens is 386 g/mol. The number of aromatic nitrogens is 2. The average molecular weight is 412 g/mol. The Hall–Kier alpha value is -2.80. The largest absolute Gasteiger partial charge is 0.493 e. The number of nitrogens with zero attached hydrogens (tertiary/aromatic N) is 3. The van der Waals surface area contributed by atoms with Gasteiger partial charge in [-0.25, -0.2) is 0 Å². The fourth-order valence-electron chi connectivity index (χ4n) is 2.85. The summed E-state index contributed by atoms with van der Waals surface area (Å²) < 4.78 is 11.4. The van der Waals surface area contributed by atoms with Crippen LogP contribution in [0.4, 0.5) is 0 Å². The molecule has 0 spiro atoms. The highest BCUT2D eigenvalue weighted by Gasteiger charge is 2.20. The molecular formula is C22H25N3O3S. The fourth-order valence-corrected chi connectivity index (χ4v) is 3.50. The van der Waals surface area contributed by atoms with Crippen LogP contribution in [0.2, 0.25) is 0 Å². The number of hydrogen-bond acceptors (Lipinski definition) is 6. The van der Waals surface area contributed by atoms with E-state index in [1.165, 1.54) is 11.8 Å². The minimum absolute atomic E-state index is 0.0309. The van der Waals surface area contributed by atoms with E-state index in [0.29, 0.717) is 30.0 Å². The minimum Gasteiger partial charge on any atom is -0.493 e. The van der Waals surface area contributed by atoms with Gasteiger partial charge in [0, 0.05) is 12.6 Å². The minimum atomic E-state index is 0.0309. The van der Waals surface area contributed by atoms with Crippen LogP contribution >= 0.6 is 11.8 Å². The first-order valence-corrected chi connectivity index (χ1v) is 10.6. The number of rotatable bonds is 9. The van der Waals surface area contributed by atoms with E-state index < -0.39 is 0 Å². The number of hydrogen-bond donors (Lipinski definition) is 0. The molecule has 0 saturated heterocycles. The van der Waals surface area contributed by atoms with Gasteiger partial charge >= 0.3 is 0 Å². The van der Waals surface area contributed by atoms with Crippen molar-refractivity contribution in [2.24, 2.45) is 0 Å². The molecule has 0 aliphatic carbocycles. The Bertz CT molecular complexity index is 928. The molecule has 0 N–H and O–H groups in total. The zero-order valence-electron chi connectivity index (χ0n) is 16.9. The van der Waals surface area contributed by atoms with Gasteiger partial charge in [-0.15, -0.1) is 10.2 Å². The third-order valence-corrected chi connectivity index (χ3v) is 5.09. The van der Waals surface area contributed by atoms with Gasteiger partial charge in [0.1, 0.15) is 5.75 Å². The monoisotopic (exact) mass is 411 g/mol. The van der Waals surface area contributed by atoms with Gasteiger partial charge in [-0.3, -0.25) is 4.79 Å². The van der Waals surface area contributed by atoms with Crippen molar-refractivity contribution >= 4 is 17.7 Å². The highest BCUT2D eigenvalue weighted by Crippen LogP contribution is 2.30. The van der Waals surface area contributed by atoms with Gasteiger partial charge < -0.3 is 14.1 Å². The van der Waals surface area contributed by atoms with E-state index in [-0.39, 0.29) is 17.7 Å². The zero-order valence-corrected chi connectivity index (χ0v) is 17.7. The van der Waals surface area contributed by atoms with E-state index in [2.05, 4.69) is 10.2 Å². The first-order chi connectivity index (χ1) is 14.1. The van der Waals surface area contributed by atoms with Crippen molar-refractivity contribution in [2.45, 2.75) is 38.6 Å². The van der Waals surface area contributed by atoms with Gasteiger partial charge in [0.15, 0.2) is 0 Å². The summed E-state index contributed by atoms with van der Waals surface area (Å²) >= 11 is 1.25. The van der Waals surface area contributed by atoms with Gasteiger partial charge in [-0.05, 0) is 38.5 Å². The average Bonchev–Trinajstić information content (AvgIpc) is 3.20. The van der Waals surface area contributed by atoms with E-state index in [1.807, 2.05) is 80.3 Å². The molecule has 3 aromatic rings. The summed E-state index contributed by atoms with van der Waals surface area (Å²) in [4.78, 5) is 14.6. The number of para-hydroxylation sites is 1. The van der Waals surface area contributed by atoms with Gasteiger partial charge in [-0.2, -0.15) is 0 Å². The number of carbonyl (C=O) groups is 1. The van der Waals surface area contributed by atoms with E-state index in [4.69, 9.17) is 9.15 Å². The van der Waals surface area contributed by atoms with Crippen molar-refractivity contribution in [1.29, 1.82) is 0 Å². The topological polar surface area (TPSA) is 68.5 Å². The predicted molar refractivity (Wildman–Crippen MR) is 114 cm³/mol. The van der Waals surface area contributed by atoms with Crippen LogP contribution in [-0.4, -0.2) is 39.4 Å². The Balaban J connectivity index is 1.64. The van der Waals surface area contributed by atoms with E-state index in [0.717, 1.165) is 11.1 Å². The Labute approximate surface area is 175 Å². The molecule has 0 atom stereocenters. The SMILES string of the molecule is CCOc1ccccc1-c1nnc(SCC(=O)N(Cc2ccccc2)C(C)C)o1. The summed E-state index contributed by atoms with van der Waals surface area (Å²) in [7, 11) is 0. The first kappa shape index (κ1) is 20.9. The van der Waals surface area contributed by atoms with Gasteiger partial charge in [0.2, 0.25) is 5.91 Å². The van der Waals surface area contributed by atoms with Crippen molar-refractivity contribution < 1.29 is 13.9 Å². The highest BCUT2D eigenvalue weighted by atomic mass is 32.2. The summed E-state index contributed by atoms with van der Waals surface area (Å²) in [5.74, 6) is 1.34. The maximum atomic E-state index is 12.8. The fraction of sp³-hybridized carbons (Fsp3) is 0.318. The molecule has 0 bridgehead atoms. The maximum absolute atomic E-state index is 12.8. The number of amides is 1. The molecule has 29 heavy (non-hydrogen) atoms. The molecule has 0 radical (unpaired) electrons. The lowest BCUT2D eigenvalue weighted by Crippen LogP contribution is -2.37. The quantitative estimate of drug-likeness (QED) is 0.477. The van der Waals surface area contributed by atoms with Crippen molar-refractivity contribution in [3.8, 4) is 17.2 Å². The Morgan fingerprint density at radius 1 is 1.10 bits per heavy atom.